The Morgan fingerprint density at radius 1 is 1.48 bits per heavy atom. The Labute approximate surface area is 123 Å². The second-order valence-corrected chi connectivity index (χ2v) is 4.47. The Morgan fingerprint density at radius 3 is 3.05 bits per heavy atom. The van der Waals surface area contributed by atoms with Gasteiger partial charge in [0.1, 0.15) is 5.82 Å². The van der Waals surface area contributed by atoms with Crippen molar-refractivity contribution in [1.29, 1.82) is 0 Å². The van der Waals surface area contributed by atoms with Gasteiger partial charge in [-0.1, -0.05) is 17.9 Å². The van der Waals surface area contributed by atoms with Gasteiger partial charge < -0.3 is 15.4 Å². The van der Waals surface area contributed by atoms with Crippen molar-refractivity contribution in [3.63, 3.8) is 0 Å². The maximum Gasteiger partial charge on any atom is 0.251 e. The predicted octanol–water partition coefficient (Wildman–Crippen LogP) is 1.38. The van der Waals surface area contributed by atoms with Gasteiger partial charge in [-0.15, -0.1) is 0 Å². The van der Waals surface area contributed by atoms with Crippen LogP contribution in [-0.2, 0) is 6.54 Å². The topological polar surface area (TPSA) is 78.0 Å². The average molecular weight is 283 g/mol. The number of H-pyrrole nitrogens is 1. The van der Waals surface area contributed by atoms with Crippen LogP contribution in [0.25, 0.3) is 0 Å². The van der Waals surface area contributed by atoms with Crippen LogP contribution < -0.4 is 5.32 Å². The molecule has 0 aliphatic heterocycles. The Kier molecular flexibility index (Phi) is 5.13. The van der Waals surface area contributed by atoms with Crippen LogP contribution in [-0.4, -0.2) is 27.6 Å². The Morgan fingerprint density at radius 2 is 2.33 bits per heavy atom. The molecule has 0 aliphatic rings. The number of imidazole rings is 1. The summed E-state index contributed by atoms with van der Waals surface area (Å²) in [5.41, 5.74) is 2.23. The van der Waals surface area contributed by atoms with Crippen LogP contribution in [0.4, 0.5) is 0 Å². The van der Waals surface area contributed by atoms with E-state index in [1.54, 1.807) is 24.5 Å². The summed E-state index contributed by atoms with van der Waals surface area (Å²) < 4.78 is 0. The molecule has 0 aliphatic carbocycles. The second-order valence-electron chi connectivity index (χ2n) is 4.47. The van der Waals surface area contributed by atoms with E-state index in [1.807, 2.05) is 13.0 Å². The number of hydrogen-bond acceptors (Lipinski definition) is 3. The molecule has 3 N–H and O–H groups in total. The number of aliphatic hydroxyl groups excluding tert-OH is 1. The fourth-order valence-corrected chi connectivity index (χ4v) is 1.88. The van der Waals surface area contributed by atoms with Gasteiger partial charge in [-0.25, -0.2) is 4.98 Å². The number of amides is 1. The first-order valence-corrected chi connectivity index (χ1v) is 6.68. The average Bonchev–Trinajstić information content (AvgIpc) is 3.00. The summed E-state index contributed by atoms with van der Waals surface area (Å²) in [5.74, 6) is 6.39. The molecule has 1 amide bonds. The number of carbonyl (C=O) groups excluding carboxylic acids is 1. The maximum atomic E-state index is 12.2. The van der Waals surface area contributed by atoms with Gasteiger partial charge in [-0.05, 0) is 24.6 Å². The lowest BCUT2D eigenvalue weighted by molar-refractivity contribution is 0.0949. The standard InChI is InChI=1S/C16H17N3O2/c1-12-13(5-2-3-10-20)6-4-7-14(12)16(21)19-11-15-17-8-9-18-15/h4,6-9,20H,3,10-11H2,1H3,(H,17,18)(H,19,21). The number of nitrogens with zero attached hydrogens (tertiary/aromatic N) is 1. The molecular formula is C16H17N3O2. The van der Waals surface area contributed by atoms with Crippen molar-refractivity contribution in [3.05, 3.63) is 53.1 Å². The molecule has 1 aromatic heterocycles. The molecule has 21 heavy (non-hydrogen) atoms. The fourth-order valence-electron chi connectivity index (χ4n) is 1.88. The summed E-state index contributed by atoms with van der Waals surface area (Å²) in [6, 6.07) is 5.44. The summed E-state index contributed by atoms with van der Waals surface area (Å²) in [5, 5.41) is 11.6. The zero-order valence-electron chi connectivity index (χ0n) is 11.8. The van der Waals surface area contributed by atoms with E-state index in [0.29, 0.717) is 24.4 Å². The van der Waals surface area contributed by atoms with E-state index in [0.717, 1.165) is 11.1 Å². The molecule has 0 unspecified atom stereocenters. The Hall–Kier alpha value is -2.58. The van der Waals surface area contributed by atoms with Gasteiger partial charge in [-0.3, -0.25) is 4.79 Å². The molecule has 0 saturated heterocycles. The molecule has 0 fully saturated rings. The zero-order valence-corrected chi connectivity index (χ0v) is 11.8. The normalized spacial score (nSPS) is 9.81. The van der Waals surface area contributed by atoms with E-state index < -0.39 is 0 Å². The van der Waals surface area contributed by atoms with E-state index in [1.165, 1.54) is 0 Å². The molecule has 1 heterocycles. The maximum absolute atomic E-state index is 12.2. The first-order valence-electron chi connectivity index (χ1n) is 6.68. The number of nitrogens with one attached hydrogen (secondary N) is 2. The smallest absolute Gasteiger partial charge is 0.251 e. The van der Waals surface area contributed by atoms with Crippen molar-refractivity contribution < 1.29 is 9.90 Å². The quantitative estimate of drug-likeness (QED) is 0.742. The molecule has 0 saturated carbocycles. The van der Waals surface area contributed by atoms with Gasteiger partial charge >= 0.3 is 0 Å². The van der Waals surface area contributed by atoms with Gasteiger partial charge in [0.05, 0.1) is 13.2 Å². The fraction of sp³-hybridized carbons (Fsp3) is 0.250. The minimum atomic E-state index is -0.158. The third-order valence-electron chi connectivity index (χ3n) is 3.01. The number of benzene rings is 1. The van der Waals surface area contributed by atoms with Crippen LogP contribution in [0.5, 0.6) is 0 Å². The van der Waals surface area contributed by atoms with Crippen LogP contribution in [0.15, 0.2) is 30.6 Å². The lowest BCUT2D eigenvalue weighted by atomic mass is 10.0. The number of aromatic amines is 1. The van der Waals surface area contributed by atoms with Crippen molar-refractivity contribution in [2.24, 2.45) is 0 Å². The summed E-state index contributed by atoms with van der Waals surface area (Å²) in [6.45, 7) is 2.26. The highest BCUT2D eigenvalue weighted by Crippen LogP contribution is 2.13. The van der Waals surface area contributed by atoms with Crippen LogP contribution in [0.3, 0.4) is 0 Å². The van der Waals surface area contributed by atoms with E-state index in [4.69, 9.17) is 5.11 Å². The molecule has 1 aromatic carbocycles. The predicted molar refractivity (Wildman–Crippen MR) is 79.5 cm³/mol. The van der Waals surface area contributed by atoms with Gasteiger partial charge in [-0.2, -0.15) is 0 Å². The third kappa shape index (κ3) is 3.94. The lowest BCUT2D eigenvalue weighted by Crippen LogP contribution is -2.24. The summed E-state index contributed by atoms with van der Waals surface area (Å²) in [4.78, 5) is 19.2. The number of aromatic nitrogens is 2. The number of rotatable bonds is 4. The van der Waals surface area contributed by atoms with Crippen LogP contribution in [0.1, 0.15) is 33.7 Å². The zero-order chi connectivity index (χ0) is 15.1. The number of carbonyl (C=O) groups is 1. The van der Waals surface area contributed by atoms with Gasteiger partial charge in [0.25, 0.3) is 5.91 Å². The minimum absolute atomic E-state index is 0.0371. The van der Waals surface area contributed by atoms with E-state index in [-0.39, 0.29) is 12.5 Å². The molecule has 0 bridgehead atoms. The van der Waals surface area contributed by atoms with Crippen molar-refractivity contribution >= 4 is 5.91 Å². The van der Waals surface area contributed by atoms with Gasteiger partial charge in [0.15, 0.2) is 0 Å². The van der Waals surface area contributed by atoms with E-state index in [9.17, 15) is 4.79 Å². The van der Waals surface area contributed by atoms with Crippen molar-refractivity contribution in [1.82, 2.24) is 15.3 Å². The van der Waals surface area contributed by atoms with Gasteiger partial charge in [0, 0.05) is 29.9 Å². The van der Waals surface area contributed by atoms with E-state index >= 15 is 0 Å². The highest BCUT2D eigenvalue weighted by atomic mass is 16.2. The van der Waals surface area contributed by atoms with Crippen molar-refractivity contribution in [2.75, 3.05) is 6.61 Å². The SMILES string of the molecule is Cc1c(C#CCCO)cccc1C(=O)NCc1ncc[nH]1. The molecule has 2 rings (SSSR count). The molecule has 0 radical (unpaired) electrons. The van der Waals surface area contributed by atoms with Gasteiger partial charge in [0.2, 0.25) is 0 Å². The summed E-state index contributed by atoms with van der Waals surface area (Å²) in [6.07, 6.45) is 3.78. The minimum Gasteiger partial charge on any atom is -0.395 e. The molecule has 0 atom stereocenters. The van der Waals surface area contributed by atoms with Crippen LogP contribution in [0.2, 0.25) is 0 Å². The lowest BCUT2D eigenvalue weighted by Gasteiger charge is -2.08. The molecule has 0 spiro atoms. The van der Waals surface area contributed by atoms with Crippen LogP contribution in [0, 0.1) is 18.8 Å². The monoisotopic (exact) mass is 283 g/mol. The first kappa shape index (κ1) is 14.8. The molecule has 108 valence electrons. The van der Waals surface area contributed by atoms with Crippen molar-refractivity contribution in [3.8, 4) is 11.8 Å². The molecule has 2 aromatic rings. The Bertz CT molecular complexity index is 667. The second kappa shape index (κ2) is 7.27. The van der Waals surface area contributed by atoms with E-state index in [2.05, 4.69) is 27.1 Å². The molecule has 5 nitrogen and oxygen atoms in total. The molecule has 5 heteroatoms. The molecular weight excluding hydrogens is 266 g/mol. The highest BCUT2D eigenvalue weighted by Gasteiger charge is 2.10. The first-order chi connectivity index (χ1) is 10.2. The van der Waals surface area contributed by atoms with Crippen LogP contribution >= 0.6 is 0 Å². The Balaban J connectivity index is 2.10. The number of hydrogen-bond donors (Lipinski definition) is 3. The summed E-state index contributed by atoms with van der Waals surface area (Å²) in [7, 11) is 0. The number of aliphatic hydroxyl groups is 1. The summed E-state index contributed by atoms with van der Waals surface area (Å²) >= 11 is 0. The highest BCUT2D eigenvalue weighted by molar-refractivity contribution is 5.96. The third-order valence-corrected chi connectivity index (χ3v) is 3.01. The van der Waals surface area contributed by atoms with Crippen molar-refractivity contribution in [2.45, 2.75) is 19.9 Å². The largest absolute Gasteiger partial charge is 0.395 e.